The van der Waals surface area contributed by atoms with Crippen LogP contribution in [-0.4, -0.2) is 36.2 Å². The molecule has 0 fully saturated rings. The standard InChI is InChI=1S/C23H22F2N2O5S/c1-3-30-18-10-6-4-8-16(18)22-26-15(13-33-22)12-20(28)31-14(2)21(29)27-17-9-5-7-11-19(17)32-23(24)25/h4-11,13-14,23H,3,12H2,1-2H3,(H,27,29). The molecule has 1 N–H and O–H groups in total. The van der Waals surface area contributed by atoms with Gasteiger partial charge >= 0.3 is 12.6 Å². The van der Waals surface area contributed by atoms with E-state index in [-0.39, 0.29) is 17.9 Å². The Bertz CT molecular complexity index is 1110. The fourth-order valence-electron chi connectivity index (χ4n) is 2.88. The number of ether oxygens (including phenoxy) is 3. The van der Waals surface area contributed by atoms with Crippen LogP contribution in [0, 0.1) is 0 Å². The van der Waals surface area contributed by atoms with Crippen LogP contribution in [-0.2, 0) is 20.7 Å². The number of aromatic nitrogens is 1. The van der Waals surface area contributed by atoms with Gasteiger partial charge in [0.25, 0.3) is 5.91 Å². The number of esters is 1. The fourth-order valence-corrected chi connectivity index (χ4v) is 3.73. The quantitative estimate of drug-likeness (QED) is 0.418. The lowest BCUT2D eigenvalue weighted by atomic mass is 10.2. The number of thiazole rings is 1. The van der Waals surface area contributed by atoms with Crippen LogP contribution in [0.2, 0.25) is 0 Å². The molecular formula is C23H22F2N2O5S. The van der Waals surface area contributed by atoms with E-state index in [2.05, 4.69) is 15.0 Å². The molecule has 0 aliphatic carbocycles. The number of benzene rings is 2. The number of para-hydroxylation sites is 3. The van der Waals surface area contributed by atoms with Gasteiger partial charge in [-0.05, 0) is 38.1 Å². The van der Waals surface area contributed by atoms with E-state index >= 15 is 0 Å². The number of hydrogen-bond acceptors (Lipinski definition) is 7. The number of carbonyl (C=O) groups excluding carboxylic acids is 2. The molecule has 3 rings (SSSR count). The molecule has 1 unspecified atom stereocenters. The van der Waals surface area contributed by atoms with E-state index in [4.69, 9.17) is 9.47 Å². The summed E-state index contributed by atoms with van der Waals surface area (Å²) in [4.78, 5) is 29.2. The lowest BCUT2D eigenvalue weighted by Gasteiger charge is -2.15. The topological polar surface area (TPSA) is 86.8 Å². The Morgan fingerprint density at radius 1 is 1.09 bits per heavy atom. The molecule has 1 aromatic heterocycles. The molecule has 0 aliphatic heterocycles. The van der Waals surface area contributed by atoms with E-state index in [9.17, 15) is 18.4 Å². The zero-order chi connectivity index (χ0) is 23.8. The molecule has 3 aromatic rings. The maximum Gasteiger partial charge on any atom is 0.387 e. The Labute approximate surface area is 193 Å². The third-order valence-electron chi connectivity index (χ3n) is 4.33. The van der Waals surface area contributed by atoms with Crippen LogP contribution >= 0.6 is 11.3 Å². The van der Waals surface area contributed by atoms with Gasteiger partial charge in [0.05, 0.1) is 30.0 Å². The van der Waals surface area contributed by atoms with Crippen molar-refractivity contribution in [1.82, 2.24) is 4.98 Å². The maximum absolute atomic E-state index is 12.5. The summed E-state index contributed by atoms with van der Waals surface area (Å²) < 4.78 is 40.2. The molecule has 174 valence electrons. The van der Waals surface area contributed by atoms with E-state index in [0.717, 1.165) is 5.56 Å². The minimum atomic E-state index is -3.04. The first kappa shape index (κ1) is 24.1. The summed E-state index contributed by atoms with van der Waals surface area (Å²) in [6.45, 7) is 0.748. The molecule has 1 amide bonds. The number of anilines is 1. The van der Waals surface area contributed by atoms with Crippen molar-refractivity contribution in [3.8, 4) is 22.1 Å². The van der Waals surface area contributed by atoms with E-state index in [1.54, 1.807) is 11.4 Å². The molecule has 1 atom stereocenters. The number of alkyl halides is 2. The minimum absolute atomic E-state index is 0.0443. The van der Waals surface area contributed by atoms with Crippen LogP contribution in [0.3, 0.4) is 0 Å². The van der Waals surface area contributed by atoms with E-state index < -0.39 is 24.6 Å². The molecule has 1 heterocycles. The van der Waals surface area contributed by atoms with Crippen molar-refractivity contribution in [2.45, 2.75) is 33.0 Å². The second kappa shape index (κ2) is 11.4. The number of carbonyl (C=O) groups is 2. The summed E-state index contributed by atoms with van der Waals surface area (Å²) in [7, 11) is 0. The molecule has 0 aliphatic rings. The van der Waals surface area contributed by atoms with Gasteiger partial charge in [-0.3, -0.25) is 9.59 Å². The smallest absolute Gasteiger partial charge is 0.387 e. The highest BCUT2D eigenvalue weighted by Gasteiger charge is 2.21. The van der Waals surface area contributed by atoms with E-state index in [1.807, 2.05) is 31.2 Å². The molecule has 0 saturated carbocycles. The molecule has 2 aromatic carbocycles. The van der Waals surface area contributed by atoms with Crippen LogP contribution < -0.4 is 14.8 Å². The molecule has 0 bridgehead atoms. The Kier molecular flexibility index (Phi) is 8.31. The van der Waals surface area contributed by atoms with Crippen LogP contribution in [0.1, 0.15) is 19.5 Å². The number of rotatable bonds is 10. The molecule has 0 spiro atoms. The van der Waals surface area contributed by atoms with Crippen LogP contribution in [0.4, 0.5) is 14.5 Å². The average Bonchev–Trinajstić information content (AvgIpc) is 3.23. The highest BCUT2D eigenvalue weighted by Crippen LogP contribution is 2.32. The SMILES string of the molecule is CCOc1ccccc1-c1nc(CC(=O)OC(C)C(=O)Nc2ccccc2OC(F)F)cs1. The number of nitrogens with zero attached hydrogens (tertiary/aromatic N) is 1. The molecule has 0 saturated heterocycles. The summed E-state index contributed by atoms with van der Waals surface area (Å²) in [5.74, 6) is -0.824. The second-order valence-corrected chi connectivity index (χ2v) is 7.60. The highest BCUT2D eigenvalue weighted by molar-refractivity contribution is 7.13. The van der Waals surface area contributed by atoms with Crippen molar-refractivity contribution in [2.24, 2.45) is 0 Å². The predicted molar refractivity (Wildman–Crippen MR) is 120 cm³/mol. The van der Waals surface area contributed by atoms with Gasteiger partial charge in [0.1, 0.15) is 16.5 Å². The molecule has 10 heteroatoms. The zero-order valence-corrected chi connectivity index (χ0v) is 18.7. The lowest BCUT2D eigenvalue weighted by molar-refractivity contribution is -0.152. The number of amides is 1. The van der Waals surface area contributed by atoms with Crippen LogP contribution in [0.15, 0.2) is 53.9 Å². The summed E-state index contributed by atoms with van der Waals surface area (Å²) in [6, 6.07) is 13.2. The van der Waals surface area contributed by atoms with Crippen molar-refractivity contribution in [3.63, 3.8) is 0 Å². The van der Waals surface area contributed by atoms with Gasteiger partial charge < -0.3 is 19.5 Å². The van der Waals surface area contributed by atoms with Crippen molar-refractivity contribution in [1.29, 1.82) is 0 Å². The first-order chi connectivity index (χ1) is 15.9. The van der Waals surface area contributed by atoms with Crippen molar-refractivity contribution in [2.75, 3.05) is 11.9 Å². The van der Waals surface area contributed by atoms with Crippen LogP contribution in [0.5, 0.6) is 11.5 Å². The zero-order valence-electron chi connectivity index (χ0n) is 17.9. The van der Waals surface area contributed by atoms with Gasteiger partial charge in [-0.15, -0.1) is 11.3 Å². The number of hydrogen-bond donors (Lipinski definition) is 1. The fraction of sp³-hybridized carbons (Fsp3) is 0.261. The Morgan fingerprint density at radius 3 is 2.52 bits per heavy atom. The summed E-state index contributed by atoms with van der Waals surface area (Å²) in [5, 5.41) is 4.86. The van der Waals surface area contributed by atoms with Crippen molar-refractivity contribution < 1.29 is 32.6 Å². The number of nitrogens with one attached hydrogen (secondary N) is 1. The van der Waals surface area contributed by atoms with E-state index in [1.165, 1.54) is 36.5 Å². The summed E-state index contributed by atoms with van der Waals surface area (Å²) in [5.41, 5.74) is 1.36. The van der Waals surface area contributed by atoms with Gasteiger partial charge in [-0.25, -0.2) is 4.98 Å². The number of halogens is 2. The third-order valence-corrected chi connectivity index (χ3v) is 5.26. The van der Waals surface area contributed by atoms with Crippen molar-refractivity contribution in [3.05, 3.63) is 59.6 Å². The van der Waals surface area contributed by atoms with Gasteiger partial charge in [-0.2, -0.15) is 8.78 Å². The highest BCUT2D eigenvalue weighted by atomic mass is 32.1. The molecule has 0 radical (unpaired) electrons. The summed E-state index contributed by atoms with van der Waals surface area (Å²) >= 11 is 1.36. The van der Waals surface area contributed by atoms with Gasteiger partial charge in [0.15, 0.2) is 6.10 Å². The average molecular weight is 477 g/mol. The maximum atomic E-state index is 12.5. The van der Waals surface area contributed by atoms with E-state index in [0.29, 0.717) is 23.1 Å². The van der Waals surface area contributed by atoms with Gasteiger partial charge in [-0.1, -0.05) is 24.3 Å². The normalized spacial score (nSPS) is 11.7. The Hall–Kier alpha value is -3.53. The molecular weight excluding hydrogens is 454 g/mol. The molecule has 33 heavy (non-hydrogen) atoms. The predicted octanol–water partition coefficient (Wildman–Crippen LogP) is 4.92. The van der Waals surface area contributed by atoms with Gasteiger partial charge in [0.2, 0.25) is 0 Å². The minimum Gasteiger partial charge on any atom is -0.493 e. The Morgan fingerprint density at radius 2 is 1.79 bits per heavy atom. The monoisotopic (exact) mass is 476 g/mol. The summed E-state index contributed by atoms with van der Waals surface area (Å²) in [6.07, 6.45) is -1.29. The Balaban J connectivity index is 1.59. The first-order valence-corrected chi connectivity index (χ1v) is 11.0. The third kappa shape index (κ3) is 6.72. The molecule has 7 nitrogen and oxygen atoms in total. The van der Waals surface area contributed by atoms with Crippen molar-refractivity contribution >= 4 is 28.9 Å². The second-order valence-electron chi connectivity index (χ2n) is 6.75. The largest absolute Gasteiger partial charge is 0.493 e. The first-order valence-electron chi connectivity index (χ1n) is 10.1. The lowest BCUT2D eigenvalue weighted by Crippen LogP contribution is -2.30. The van der Waals surface area contributed by atoms with Crippen LogP contribution in [0.25, 0.3) is 10.6 Å². The van der Waals surface area contributed by atoms with Gasteiger partial charge in [0, 0.05) is 5.38 Å².